The van der Waals surface area contributed by atoms with Crippen molar-refractivity contribution in [2.75, 3.05) is 25.0 Å². The van der Waals surface area contributed by atoms with Crippen molar-refractivity contribution in [2.45, 2.75) is 45.2 Å². The first-order valence-electron chi connectivity index (χ1n) is 13.9. The van der Waals surface area contributed by atoms with E-state index in [1.165, 1.54) is 24.3 Å². The molecule has 1 heterocycles. The van der Waals surface area contributed by atoms with Gasteiger partial charge >= 0.3 is 0 Å². The number of aromatic nitrogens is 1. The molecule has 2 aliphatic rings. The number of carbonyl (C=O) groups is 2. The Morgan fingerprint density at radius 3 is 2.63 bits per heavy atom. The smallest absolute Gasteiger partial charge is 0.215 e. The molecule has 3 atom stereocenters. The van der Waals surface area contributed by atoms with Gasteiger partial charge in [-0.25, -0.2) is 13.8 Å². The van der Waals surface area contributed by atoms with Gasteiger partial charge in [0.05, 0.1) is 11.6 Å². The molecule has 41 heavy (non-hydrogen) atoms. The summed E-state index contributed by atoms with van der Waals surface area (Å²) >= 11 is 0. The summed E-state index contributed by atoms with van der Waals surface area (Å²) in [7, 11) is 1.59. The first kappa shape index (κ1) is 29.8. The lowest BCUT2D eigenvalue weighted by Gasteiger charge is -2.38. The number of nitrogens with zero attached hydrogens (tertiary/aromatic N) is 4. The van der Waals surface area contributed by atoms with E-state index in [-0.39, 0.29) is 35.1 Å². The number of allylic oxidation sites excluding steroid dienone is 2. The van der Waals surface area contributed by atoms with Gasteiger partial charge in [-0.1, -0.05) is 36.4 Å². The highest BCUT2D eigenvalue weighted by Crippen LogP contribution is 2.44. The van der Waals surface area contributed by atoms with E-state index in [1.807, 2.05) is 30.9 Å². The van der Waals surface area contributed by atoms with Crippen molar-refractivity contribution < 1.29 is 18.4 Å². The number of benzene rings is 1. The number of hydrogen-bond acceptors (Lipinski definition) is 4. The van der Waals surface area contributed by atoms with Crippen molar-refractivity contribution in [2.24, 2.45) is 16.8 Å². The topological polar surface area (TPSA) is 77.9 Å². The third-order valence-corrected chi connectivity index (χ3v) is 7.76. The number of aliphatic imine (C=N–C) groups is 1. The Hall–Kier alpha value is -4.14. The van der Waals surface area contributed by atoms with Gasteiger partial charge in [0.15, 0.2) is 0 Å². The third-order valence-electron chi connectivity index (χ3n) is 7.76. The number of anilines is 1. The Bertz CT molecular complexity index is 1370. The fourth-order valence-electron chi connectivity index (χ4n) is 5.57. The number of halogens is 2. The van der Waals surface area contributed by atoms with Gasteiger partial charge in [-0.15, -0.1) is 6.58 Å². The number of carbonyl (C=O) groups excluding carboxylic acids is 2. The van der Waals surface area contributed by atoms with Gasteiger partial charge in [0.25, 0.3) is 0 Å². The number of amidine groups is 1. The van der Waals surface area contributed by atoms with E-state index >= 15 is 4.39 Å². The molecular weight excluding hydrogens is 524 g/mol. The molecule has 1 fully saturated rings. The lowest BCUT2D eigenvalue weighted by molar-refractivity contribution is -0.110. The lowest BCUT2D eigenvalue weighted by atomic mass is 9.84. The van der Waals surface area contributed by atoms with Crippen molar-refractivity contribution in [1.82, 2.24) is 15.2 Å². The Kier molecular flexibility index (Phi) is 9.81. The van der Waals surface area contributed by atoms with E-state index in [9.17, 15) is 14.0 Å². The number of amides is 2. The second-order valence-corrected chi connectivity index (χ2v) is 10.5. The maximum Gasteiger partial charge on any atom is 0.215 e. The predicted molar refractivity (Wildman–Crippen MR) is 159 cm³/mol. The van der Waals surface area contributed by atoms with Crippen LogP contribution in [0.3, 0.4) is 0 Å². The molecule has 0 saturated heterocycles. The normalized spacial score (nSPS) is 19.2. The highest BCUT2D eigenvalue weighted by atomic mass is 19.1. The molecule has 0 aliphatic heterocycles. The fourth-order valence-corrected chi connectivity index (χ4v) is 5.57. The minimum atomic E-state index is -0.738. The molecule has 9 heteroatoms. The Morgan fingerprint density at radius 1 is 1.24 bits per heavy atom. The summed E-state index contributed by atoms with van der Waals surface area (Å²) in [5, 5.41) is 2.70. The first-order valence-corrected chi connectivity index (χ1v) is 13.9. The summed E-state index contributed by atoms with van der Waals surface area (Å²) in [6.07, 6.45) is 11.9. The van der Waals surface area contributed by atoms with Crippen molar-refractivity contribution in [1.29, 1.82) is 0 Å². The van der Waals surface area contributed by atoms with E-state index in [0.717, 1.165) is 24.8 Å². The van der Waals surface area contributed by atoms with Gasteiger partial charge in [-0.05, 0) is 62.8 Å². The van der Waals surface area contributed by atoms with Crippen LogP contribution in [-0.2, 0) is 9.59 Å². The minimum absolute atomic E-state index is 0.000229. The van der Waals surface area contributed by atoms with Crippen LogP contribution in [0.4, 0.5) is 14.6 Å². The van der Waals surface area contributed by atoms with Crippen LogP contribution < -0.4 is 10.2 Å². The zero-order chi connectivity index (χ0) is 29.5. The maximum atomic E-state index is 15.9. The lowest BCUT2D eigenvalue weighted by Crippen LogP contribution is -2.47. The van der Waals surface area contributed by atoms with Crippen LogP contribution in [0.5, 0.6) is 0 Å². The standard InChI is InChI=1S/C32H37F2N5O2/c1-5-6-16-38(22(3)18-36-19-40)31(35-4)26-17-28(34)29(25-11-7-8-13-27(25)33)37-32(26)39(20-41)30-21(2)10-9-12-24(30)23-14-15-23/h5,7-13,17,19-20,22-24,30H,1,6,14-16,18H2,2-4H3,(H,36,40). The second kappa shape index (κ2) is 13.5. The molecule has 3 unspecified atom stereocenters. The number of nitrogens with one attached hydrogen (secondary N) is 1. The molecular formula is C32H37F2N5O2. The molecule has 1 saturated carbocycles. The molecule has 2 aliphatic carbocycles. The van der Waals surface area contributed by atoms with Crippen LogP contribution >= 0.6 is 0 Å². The Labute approximate surface area is 240 Å². The van der Waals surface area contributed by atoms with Crippen molar-refractivity contribution >= 4 is 24.5 Å². The third kappa shape index (κ3) is 6.45. The maximum absolute atomic E-state index is 15.9. The molecule has 2 amide bonds. The van der Waals surface area contributed by atoms with E-state index in [0.29, 0.717) is 43.2 Å². The van der Waals surface area contributed by atoms with Crippen LogP contribution in [0.1, 0.15) is 38.7 Å². The van der Waals surface area contributed by atoms with Crippen LogP contribution in [0, 0.1) is 23.5 Å². The van der Waals surface area contributed by atoms with Crippen LogP contribution in [0.25, 0.3) is 11.3 Å². The summed E-state index contributed by atoms with van der Waals surface area (Å²) in [6.45, 7) is 8.51. The van der Waals surface area contributed by atoms with Crippen molar-refractivity contribution in [3.8, 4) is 11.3 Å². The van der Waals surface area contributed by atoms with Gasteiger partial charge in [0.1, 0.15) is 29.0 Å². The first-order chi connectivity index (χ1) is 19.9. The monoisotopic (exact) mass is 561 g/mol. The quantitative estimate of drug-likeness (QED) is 0.156. The highest BCUT2D eigenvalue weighted by Gasteiger charge is 2.41. The van der Waals surface area contributed by atoms with Crippen LogP contribution in [0.15, 0.2) is 71.8 Å². The van der Waals surface area contributed by atoms with E-state index < -0.39 is 11.6 Å². The number of hydrogen-bond donors (Lipinski definition) is 1. The molecule has 0 spiro atoms. The highest BCUT2D eigenvalue weighted by molar-refractivity contribution is 6.05. The van der Waals surface area contributed by atoms with Gasteiger partial charge in [0.2, 0.25) is 12.8 Å². The molecule has 4 rings (SSSR count). The molecule has 1 N–H and O–H groups in total. The molecule has 216 valence electrons. The number of pyridine rings is 1. The average molecular weight is 562 g/mol. The molecule has 0 bridgehead atoms. The molecule has 1 aromatic carbocycles. The SMILES string of the molecule is C=CCCN(C(=NC)c1cc(F)c(-c2ccccc2F)nc1N(C=O)C1C(C)=CC=CC1C1CC1)C(C)CNC=O. The largest absolute Gasteiger partial charge is 0.357 e. The summed E-state index contributed by atoms with van der Waals surface area (Å²) in [6, 6.07) is 6.57. The van der Waals surface area contributed by atoms with Gasteiger partial charge in [0, 0.05) is 37.7 Å². The summed E-state index contributed by atoms with van der Waals surface area (Å²) in [4.78, 5) is 36.7. The summed E-state index contributed by atoms with van der Waals surface area (Å²) < 4.78 is 30.8. The zero-order valence-electron chi connectivity index (χ0n) is 23.8. The summed E-state index contributed by atoms with van der Waals surface area (Å²) in [5.41, 5.74) is 1.09. The van der Waals surface area contributed by atoms with Crippen molar-refractivity contribution in [3.63, 3.8) is 0 Å². The minimum Gasteiger partial charge on any atom is -0.357 e. The predicted octanol–water partition coefficient (Wildman–Crippen LogP) is 5.29. The average Bonchev–Trinajstić information content (AvgIpc) is 3.82. The van der Waals surface area contributed by atoms with Crippen LogP contribution in [-0.4, -0.2) is 60.8 Å². The zero-order valence-corrected chi connectivity index (χ0v) is 23.8. The van der Waals surface area contributed by atoms with Gasteiger partial charge in [-0.3, -0.25) is 19.5 Å². The summed E-state index contributed by atoms with van der Waals surface area (Å²) in [5.74, 6) is -0.271. The Balaban J connectivity index is 1.93. The van der Waals surface area contributed by atoms with Crippen LogP contribution in [0.2, 0.25) is 0 Å². The molecule has 1 aromatic heterocycles. The van der Waals surface area contributed by atoms with Gasteiger partial charge < -0.3 is 10.2 Å². The Morgan fingerprint density at radius 2 is 2.00 bits per heavy atom. The number of rotatable bonds is 13. The van der Waals surface area contributed by atoms with Crippen molar-refractivity contribution in [3.05, 3.63) is 84.0 Å². The molecule has 2 aromatic rings. The van der Waals surface area contributed by atoms with E-state index in [2.05, 4.69) is 27.9 Å². The molecule has 7 nitrogen and oxygen atoms in total. The molecule has 0 radical (unpaired) electrons. The van der Waals surface area contributed by atoms with E-state index in [1.54, 1.807) is 24.1 Å². The van der Waals surface area contributed by atoms with Gasteiger partial charge in [-0.2, -0.15) is 0 Å². The van der Waals surface area contributed by atoms with E-state index in [4.69, 9.17) is 0 Å². The second-order valence-electron chi connectivity index (χ2n) is 10.5. The fraction of sp³-hybridized carbons (Fsp3) is 0.375.